The van der Waals surface area contributed by atoms with Gasteiger partial charge in [-0.1, -0.05) is 0 Å². The number of thiazole rings is 1. The summed E-state index contributed by atoms with van der Waals surface area (Å²) in [6.07, 6.45) is 1.61. The van der Waals surface area contributed by atoms with E-state index in [1.165, 1.54) is 13.2 Å². The van der Waals surface area contributed by atoms with Crippen LogP contribution in [0, 0.1) is 6.92 Å². The van der Waals surface area contributed by atoms with E-state index in [1.54, 1.807) is 23.5 Å². The van der Waals surface area contributed by atoms with Crippen molar-refractivity contribution >= 4 is 29.0 Å². The monoisotopic (exact) mass is 348 g/mol. The van der Waals surface area contributed by atoms with Crippen LogP contribution in [-0.4, -0.2) is 30.6 Å². The number of hydrogen-bond acceptors (Lipinski definition) is 5. The lowest BCUT2D eigenvalue weighted by atomic mass is 10.2. The molecule has 0 radical (unpaired) electrons. The number of anilines is 1. The molecule has 0 unspecified atom stereocenters. The van der Waals surface area contributed by atoms with Crippen molar-refractivity contribution in [1.29, 1.82) is 0 Å². The van der Waals surface area contributed by atoms with Crippen LogP contribution in [0.5, 0.6) is 5.75 Å². The first kappa shape index (κ1) is 17.7. The Morgan fingerprint density at radius 1 is 1.38 bits per heavy atom. The number of primary amides is 1. The highest BCUT2D eigenvalue weighted by Crippen LogP contribution is 2.25. The number of ether oxygens (including phenoxy) is 1. The second-order valence-corrected chi connectivity index (χ2v) is 6.09. The van der Waals surface area contributed by atoms with E-state index in [2.05, 4.69) is 15.6 Å². The van der Waals surface area contributed by atoms with E-state index >= 15 is 0 Å². The summed E-state index contributed by atoms with van der Waals surface area (Å²) in [4.78, 5) is 27.6. The van der Waals surface area contributed by atoms with Gasteiger partial charge in [-0.2, -0.15) is 0 Å². The number of benzene rings is 1. The number of methoxy groups -OCH3 is 1. The van der Waals surface area contributed by atoms with Crippen LogP contribution in [0.25, 0.3) is 0 Å². The van der Waals surface area contributed by atoms with Gasteiger partial charge in [0.1, 0.15) is 5.75 Å². The Morgan fingerprint density at radius 3 is 2.79 bits per heavy atom. The van der Waals surface area contributed by atoms with Crippen molar-refractivity contribution in [2.75, 3.05) is 19.0 Å². The Bertz CT molecular complexity index is 730. The second-order valence-electron chi connectivity index (χ2n) is 5.15. The van der Waals surface area contributed by atoms with Gasteiger partial charge in [0.15, 0.2) is 0 Å². The van der Waals surface area contributed by atoms with Crippen LogP contribution >= 0.6 is 11.3 Å². The average molecular weight is 348 g/mol. The summed E-state index contributed by atoms with van der Waals surface area (Å²) in [6.45, 7) is 2.47. The molecule has 1 heterocycles. The largest absolute Gasteiger partial charge is 0.495 e. The number of carbonyl (C=O) groups excluding carboxylic acids is 2. The summed E-state index contributed by atoms with van der Waals surface area (Å²) in [5, 5.41) is 8.50. The van der Waals surface area contributed by atoms with Crippen LogP contribution in [-0.2, 0) is 6.42 Å². The fourth-order valence-electron chi connectivity index (χ4n) is 2.08. The molecule has 1 aromatic carbocycles. The minimum absolute atomic E-state index is 0.297. The van der Waals surface area contributed by atoms with Crippen LogP contribution in [0.3, 0.4) is 0 Å². The first-order valence-electron chi connectivity index (χ1n) is 7.43. The number of urea groups is 1. The zero-order chi connectivity index (χ0) is 17.5. The molecule has 2 rings (SSSR count). The molecule has 24 heavy (non-hydrogen) atoms. The molecular weight excluding hydrogens is 328 g/mol. The Kier molecular flexibility index (Phi) is 6.14. The van der Waals surface area contributed by atoms with E-state index in [4.69, 9.17) is 10.5 Å². The van der Waals surface area contributed by atoms with Gasteiger partial charge in [0, 0.05) is 29.6 Å². The summed E-state index contributed by atoms with van der Waals surface area (Å²) in [5.74, 6) is -0.117. The van der Waals surface area contributed by atoms with Crippen LogP contribution in [0.2, 0.25) is 0 Å². The predicted molar refractivity (Wildman–Crippen MR) is 93.7 cm³/mol. The van der Waals surface area contributed by atoms with Crippen molar-refractivity contribution in [2.45, 2.75) is 19.8 Å². The topological polar surface area (TPSA) is 106 Å². The average Bonchev–Trinajstić information content (AvgIpc) is 2.97. The lowest BCUT2D eigenvalue weighted by molar-refractivity contribution is 0.1000. The normalized spacial score (nSPS) is 10.2. The van der Waals surface area contributed by atoms with Crippen molar-refractivity contribution in [1.82, 2.24) is 10.3 Å². The van der Waals surface area contributed by atoms with Gasteiger partial charge < -0.3 is 21.1 Å². The molecule has 0 atom stereocenters. The Balaban J connectivity index is 1.85. The maximum absolute atomic E-state index is 12.0. The fraction of sp³-hybridized carbons (Fsp3) is 0.312. The molecule has 8 heteroatoms. The van der Waals surface area contributed by atoms with Gasteiger partial charge in [0.2, 0.25) is 5.91 Å². The first-order valence-corrected chi connectivity index (χ1v) is 8.31. The minimum Gasteiger partial charge on any atom is -0.495 e. The van der Waals surface area contributed by atoms with Gasteiger partial charge in [-0.25, -0.2) is 9.78 Å². The highest BCUT2D eigenvalue weighted by molar-refractivity contribution is 7.09. The molecule has 1 aromatic heterocycles. The third-order valence-electron chi connectivity index (χ3n) is 3.25. The summed E-state index contributed by atoms with van der Waals surface area (Å²) in [5.41, 5.74) is 6.95. The number of nitrogens with zero attached hydrogens (tertiary/aromatic N) is 1. The molecule has 0 spiro atoms. The smallest absolute Gasteiger partial charge is 0.319 e. The highest BCUT2D eigenvalue weighted by atomic mass is 32.1. The number of nitrogens with one attached hydrogen (secondary N) is 2. The number of rotatable bonds is 7. The Labute approximate surface area is 144 Å². The van der Waals surface area contributed by atoms with Crippen molar-refractivity contribution in [3.8, 4) is 5.75 Å². The zero-order valence-corrected chi connectivity index (χ0v) is 14.4. The number of hydrogen-bond donors (Lipinski definition) is 3. The molecule has 4 N–H and O–H groups in total. The van der Waals surface area contributed by atoms with Gasteiger partial charge >= 0.3 is 6.03 Å². The van der Waals surface area contributed by atoms with Gasteiger partial charge in [0.05, 0.1) is 17.8 Å². The molecular formula is C16H20N4O3S. The highest BCUT2D eigenvalue weighted by Gasteiger charge is 2.10. The van der Waals surface area contributed by atoms with Crippen molar-refractivity contribution < 1.29 is 14.3 Å². The van der Waals surface area contributed by atoms with Crippen LogP contribution in [0.4, 0.5) is 10.5 Å². The molecule has 0 bridgehead atoms. The third-order valence-corrected chi connectivity index (χ3v) is 4.28. The lowest BCUT2D eigenvalue weighted by Crippen LogP contribution is -2.30. The summed E-state index contributed by atoms with van der Waals surface area (Å²) in [7, 11) is 1.48. The maximum Gasteiger partial charge on any atom is 0.319 e. The number of carbonyl (C=O) groups is 2. The van der Waals surface area contributed by atoms with Gasteiger partial charge in [-0.05, 0) is 31.5 Å². The first-order chi connectivity index (χ1) is 11.5. The molecule has 0 aliphatic rings. The standard InChI is InChI=1S/C16H20N4O3S/c1-10-9-24-14(19-10)4-3-7-18-16(22)20-12-8-11(15(17)21)5-6-13(12)23-2/h5-6,8-9H,3-4,7H2,1-2H3,(H2,17,21)(H2,18,20,22). The van der Waals surface area contributed by atoms with Crippen molar-refractivity contribution in [3.63, 3.8) is 0 Å². The molecule has 7 nitrogen and oxygen atoms in total. The number of aryl methyl sites for hydroxylation is 2. The summed E-state index contributed by atoms with van der Waals surface area (Å²) >= 11 is 1.62. The van der Waals surface area contributed by atoms with E-state index in [9.17, 15) is 9.59 Å². The van der Waals surface area contributed by atoms with Crippen molar-refractivity contribution in [2.24, 2.45) is 5.73 Å². The maximum atomic E-state index is 12.0. The fourth-order valence-corrected chi connectivity index (χ4v) is 2.90. The Hall–Kier alpha value is -2.61. The number of aromatic nitrogens is 1. The van der Waals surface area contributed by atoms with Crippen LogP contribution in [0.1, 0.15) is 27.5 Å². The minimum atomic E-state index is -0.570. The third kappa shape index (κ3) is 4.95. The molecule has 0 saturated carbocycles. The van der Waals surface area contributed by atoms with Crippen molar-refractivity contribution in [3.05, 3.63) is 39.8 Å². The predicted octanol–water partition coefficient (Wildman–Crippen LogP) is 2.31. The van der Waals surface area contributed by atoms with E-state index < -0.39 is 5.91 Å². The second kappa shape index (κ2) is 8.30. The molecule has 0 saturated heterocycles. The van der Waals surface area contributed by atoms with E-state index in [-0.39, 0.29) is 6.03 Å². The molecule has 3 amide bonds. The van der Waals surface area contributed by atoms with E-state index in [1.807, 2.05) is 12.3 Å². The lowest BCUT2D eigenvalue weighted by Gasteiger charge is -2.12. The Morgan fingerprint density at radius 2 is 2.17 bits per heavy atom. The van der Waals surface area contributed by atoms with E-state index in [0.29, 0.717) is 23.5 Å². The molecule has 128 valence electrons. The van der Waals surface area contributed by atoms with E-state index in [0.717, 1.165) is 23.5 Å². The van der Waals surface area contributed by atoms with Gasteiger partial charge in [-0.3, -0.25) is 4.79 Å². The van der Waals surface area contributed by atoms with Crippen LogP contribution < -0.4 is 21.1 Å². The number of nitrogens with two attached hydrogens (primary N) is 1. The molecule has 0 fully saturated rings. The zero-order valence-electron chi connectivity index (χ0n) is 13.6. The SMILES string of the molecule is COc1ccc(C(N)=O)cc1NC(=O)NCCCc1nc(C)cs1. The summed E-state index contributed by atoms with van der Waals surface area (Å²) in [6, 6.07) is 4.24. The van der Waals surface area contributed by atoms with Crippen LogP contribution in [0.15, 0.2) is 23.6 Å². The van der Waals surface area contributed by atoms with Gasteiger partial charge in [-0.15, -0.1) is 11.3 Å². The van der Waals surface area contributed by atoms with Gasteiger partial charge in [0.25, 0.3) is 0 Å². The molecule has 0 aliphatic heterocycles. The molecule has 0 aliphatic carbocycles. The molecule has 2 aromatic rings. The number of amides is 3. The quantitative estimate of drug-likeness (QED) is 0.668. The summed E-state index contributed by atoms with van der Waals surface area (Å²) < 4.78 is 5.17.